The summed E-state index contributed by atoms with van der Waals surface area (Å²) in [6.45, 7) is 11.0. The molecule has 0 heterocycles. The summed E-state index contributed by atoms with van der Waals surface area (Å²) in [6.07, 6.45) is 0.380. The maximum Gasteiger partial charge on any atom is 0.264 e. The van der Waals surface area contributed by atoms with Crippen molar-refractivity contribution in [3.8, 4) is 0 Å². The van der Waals surface area contributed by atoms with Crippen molar-refractivity contribution in [3.05, 3.63) is 95.1 Å². The van der Waals surface area contributed by atoms with E-state index >= 15 is 0 Å². The van der Waals surface area contributed by atoms with Crippen LogP contribution in [0.4, 0.5) is 5.69 Å². The first-order chi connectivity index (χ1) is 18.4. The van der Waals surface area contributed by atoms with E-state index in [0.717, 1.165) is 22.3 Å². The van der Waals surface area contributed by atoms with Crippen molar-refractivity contribution in [1.29, 1.82) is 0 Å². The zero-order valence-electron chi connectivity index (χ0n) is 23.6. The van der Waals surface area contributed by atoms with Crippen LogP contribution in [0.2, 0.25) is 0 Å². The number of nitrogens with one attached hydrogen (secondary N) is 1. The van der Waals surface area contributed by atoms with Crippen LogP contribution in [-0.4, -0.2) is 43.8 Å². The molecule has 0 saturated carbocycles. The number of nitrogens with zero attached hydrogens (tertiary/aromatic N) is 2. The lowest BCUT2D eigenvalue weighted by Crippen LogP contribution is -2.53. The number of anilines is 1. The van der Waals surface area contributed by atoms with Gasteiger partial charge in [-0.2, -0.15) is 0 Å². The lowest BCUT2D eigenvalue weighted by Gasteiger charge is -2.34. The van der Waals surface area contributed by atoms with Gasteiger partial charge in [-0.3, -0.25) is 13.9 Å². The van der Waals surface area contributed by atoms with E-state index in [4.69, 9.17) is 0 Å². The molecule has 0 spiro atoms. The minimum absolute atomic E-state index is 0.0912. The minimum atomic E-state index is -4.09. The Balaban J connectivity index is 2.10. The Bertz CT molecular complexity index is 1400. The molecule has 39 heavy (non-hydrogen) atoms. The Morgan fingerprint density at radius 2 is 1.54 bits per heavy atom. The van der Waals surface area contributed by atoms with Crippen molar-refractivity contribution in [2.75, 3.05) is 10.8 Å². The monoisotopic (exact) mass is 549 g/mol. The van der Waals surface area contributed by atoms with Gasteiger partial charge in [-0.15, -0.1) is 0 Å². The Labute approximate surface area is 232 Å². The quantitative estimate of drug-likeness (QED) is 0.359. The van der Waals surface area contributed by atoms with Crippen LogP contribution in [0, 0.1) is 20.8 Å². The number of hydrogen-bond donors (Lipinski definition) is 1. The number of amides is 2. The predicted octanol–water partition coefficient (Wildman–Crippen LogP) is 5.14. The second-order valence-corrected chi connectivity index (χ2v) is 12.1. The van der Waals surface area contributed by atoms with Crippen molar-refractivity contribution in [2.45, 2.75) is 71.5 Å². The van der Waals surface area contributed by atoms with Crippen LogP contribution in [0.1, 0.15) is 49.4 Å². The van der Waals surface area contributed by atoms with Crippen LogP contribution < -0.4 is 9.62 Å². The van der Waals surface area contributed by atoms with Crippen LogP contribution >= 0.6 is 0 Å². The summed E-state index contributed by atoms with van der Waals surface area (Å²) >= 11 is 0. The van der Waals surface area contributed by atoms with Gasteiger partial charge in [0.15, 0.2) is 0 Å². The number of hydrogen-bond acceptors (Lipinski definition) is 4. The molecule has 1 atom stereocenters. The molecule has 0 saturated heterocycles. The normalized spacial score (nSPS) is 12.2. The minimum Gasteiger partial charge on any atom is -0.352 e. The first kappa shape index (κ1) is 29.9. The standard InChI is InChI=1S/C31H39N3O4S/c1-7-28(31(36)32-22(2)3)33(20-26-13-11-12-23(4)18-26)30(35)21-34(29-19-24(5)16-17-25(29)6)39(37,38)27-14-9-8-10-15-27/h8-19,22,28H,7,20-21H2,1-6H3,(H,32,36)/t28-/m0/s1. The molecule has 0 aliphatic heterocycles. The van der Waals surface area contributed by atoms with E-state index in [1.807, 2.05) is 77.9 Å². The van der Waals surface area contributed by atoms with E-state index in [1.54, 1.807) is 24.3 Å². The molecule has 3 aromatic carbocycles. The highest BCUT2D eigenvalue weighted by Gasteiger charge is 2.34. The molecule has 3 rings (SSSR count). The number of carbonyl (C=O) groups is 2. The number of rotatable bonds is 11. The molecule has 8 heteroatoms. The number of benzene rings is 3. The Hall–Kier alpha value is -3.65. The summed E-state index contributed by atoms with van der Waals surface area (Å²) in [7, 11) is -4.09. The molecule has 0 aliphatic carbocycles. The van der Waals surface area contributed by atoms with Crippen molar-refractivity contribution < 1.29 is 18.0 Å². The van der Waals surface area contributed by atoms with E-state index in [9.17, 15) is 18.0 Å². The summed E-state index contributed by atoms with van der Waals surface area (Å²) in [5.74, 6) is -0.722. The largest absolute Gasteiger partial charge is 0.352 e. The second-order valence-electron chi connectivity index (χ2n) is 10.2. The van der Waals surface area contributed by atoms with Crippen LogP contribution in [0.3, 0.4) is 0 Å². The van der Waals surface area contributed by atoms with Gasteiger partial charge in [-0.1, -0.05) is 67.1 Å². The number of carbonyl (C=O) groups excluding carboxylic acids is 2. The lowest BCUT2D eigenvalue weighted by molar-refractivity contribution is -0.140. The molecule has 0 fully saturated rings. The zero-order chi connectivity index (χ0) is 28.7. The van der Waals surface area contributed by atoms with Crippen molar-refractivity contribution in [2.24, 2.45) is 0 Å². The predicted molar refractivity (Wildman–Crippen MR) is 156 cm³/mol. The molecular formula is C31H39N3O4S. The van der Waals surface area contributed by atoms with Crippen LogP contribution in [0.25, 0.3) is 0 Å². The van der Waals surface area contributed by atoms with E-state index in [2.05, 4.69) is 5.32 Å². The average molecular weight is 550 g/mol. The molecule has 1 N–H and O–H groups in total. The molecule has 0 bridgehead atoms. The first-order valence-electron chi connectivity index (χ1n) is 13.2. The van der Waals surface area contributed by atoms with Crippen molar-refractivity contribution in [3.63, 3.8) is 0 Å². The summed E-state index contributed by atoms with van der Waals surface area (Å²) < 4.78 is 29.1. The summed E-state index contributed by atoms with van der Waals surface area (Å²) in [4.78, 5) is 28.9. The van der Waals surface area contributed by atoms with E-state index in [-0.39, 0.29) is 23.4 Å². The lowest BCUT2D eigenvalue weighted by atomic mass is 10.1. The summed E-state index contributed by atoms with van der Waals surface area (Å²) in [5, 5.41) is 2.92. The molecule has 0 radical (unpaired) electrons. The molecule has 0 unspecified atom stereocenters. The van der Waals surface area contributed by atoms with Crippen LogP contribution in [-0.2, 0) is 26.2 Å². The van der Waals surface area contributed by atoms with Gasteiger partial charge in [-0.05, 0) is 75.9 Å². The summed E-state index contributed by atoms with van der Waals surface area (Å²) in [6, 6.07) is 20.5. The maximum atomic E-state index is 14.1. The fourth-order valence-electron chi connectivity index (χ4n) is 4.53. The fraction of sp³-hybridized carbons (Fsp3) is 0.355. The average Bonchev–Trinajstić information content (AvgIpc) is 2.88. The first-order valence-corrected chi connectivity index (χ1v) is 14.7. The van der Waals surface area contributed by atoms with Gasteiger partial charge >= 0.3 is 0 Å². The Morgan fingerprint density at radius 1 is 0.872 bits per heavy atom. The van der Waals surface area contributed by atoms with Gasteiger partial charge in [0.1, 0.15) is 12.6 Å². The van der Waals surface area contributed by atoms with E-state index < -0.39 is 28.5 Å². The highest BCUT2D eigenvalue weighted by molar-refractivity contribution is 7.92. The van der Waals surface area contributed by atoms with Crippen molar-refractivity contribution in [1.82, 2.24) is 10.2 Å². The Kier molecular flexibility index (Phi) is 9.92. The molecule has 0 aliphatic rings. The maximum absolute atomic E-state index is 14.1. The zero-order valence-corrected chi connectivity index (χ0v) is 24.5. The van der Waals surface area contributed by atoms with Gasteiger partial charge in [0.25, 0.3) is 10.0 Å². The van der Waals surface area contributed by atoms with Gasteiger partial charge < -0.3 is 10.2 Å². The fourth-order valence-corrected chi connectivity index (χ4v) is 6.02. The topological polar surface area (TPSA) is 86.8 Å². The molecule has 3 aromatic rings. The van der Waals surface area contributed by atoms with Gasteiger partial charge in [0, 0.05) is 12.6 Å². The third-order valence-electron chi connectivity index (χ3n) is 6.50. The van der Waals surface area contributed by atoms with Crippen molar-refractivity contribution >= 4 is 27.5 Å². The van der Waals surface area contributed by atoms with Gasteiger partial charge in [0.2, 0.25) is 11.8 Å². The molecule has 208 valence electrons. The number of sulfonamides is 1. The SMILES string of the molecule is CC[C@@H](C(=O)NC(C)C)N(Cc1cccc(C)c1)C(=O)CN(c1cc(C)ccc1C)S(=O)(=O)c1ccccc1. The third-order valence-corrected chi connectivity index (χ3v) is 8.27. The van der Waals surface area contributed by atoms with E-state index in [0.29, 0.717) is 12.1 Å². The second kappa shape index (κ2) is 12.9. The smallest absolute Gasteiger partial charge is 0.264 e. The molecule has 2 amide bonds. The Morgan fingerprint density at radius 3 is 2.15 bits per heavy atom. The highest BCUT2D eigenvalue weighted by Crippen LogP contribution is 2.28. The van der Waals surface area contributed by atoms with Crippen LogP contribution in [0.5, 0.6) is 0 Å². The van der Waals surface area contributed by atoms with Crippen LogP contribution in [0.15, 0.2) is 77.7 Å². The van der Waals surface area contributed by atoms with Gasteiger partial charge in [0.05, 0.1) is 10.6 Å². The number of aryl methyl sites for hydroxylation is 3. The van der Waals surface area contributed by atoms with E-state index in [1.165, 1.54) is 21.3 Å². The van der Waals surface area contributed by atoms with Gasteiger partial charge in [-0.25, -0.2) is 8.42 Å². The highest BCUT2D eigenvalue weighted by atomic mass is 32.2. The summed E-state index contributed by atoms with van der Waals surface area (Å²) in [5.41, 5.74) is 3.92. The molecule has 0 aromatic heterocycles. The molecule has 7 nitrogen and oxygen atoms in total. The third kappa shape index (κ3) is 7.47. The molecular weight excluding hydrogens is 510 g/mol.